The molecule has 0 spiro atoms. The monoisotopic (exact) mass is 254 g/mol. The summed E-state index contributed by atoms with van der Waals surface area (Å²) >= 11 is 0. The molecule has 3 heteroatoms. The number of nitrogens with one attached hydrogen (secondary N) is 1. The molecule has 2 rings (SSSR count). The van der Waals surface area contributed by atoms with Gasteiger partial charge in [0.05, 0.1) is 6.10 Å². The Balaban J connectivity index is 1.85. The van der Waals surface area contributed by atoms with Gasteiger partial charge in [-0.25, -0.2) is 0 Å². The van der Waals surface area contributed by atoms with Crippen molar-refractivity contribution >= 4 is 0 Å². The van der Waals surface area contributed by atoms with Gasteiger partial charge in [0.15, 0.2) is 0 Å². The fourth-order valence-electron chi connectivity index (χ4n) is 3.43. The summed E-state index contributed by atoms with van der Waals surface area (Å²) in [6.45, 7) is 10.5. The number of nitrogens with zero attached hydrogens (tertiary/aromatic N) is 1. The lowest BCUT2D eigenvalue weighted by atomic mass is 9.96. The lowest BCUT2D eigenvalue weighted by molar-refractivity contribution is -0.0214. The second-order valence-electron chi connectivity index (χ2n) is 6.07. The maximum absolute atomic E-state index is 5.69. The topological polar surface area (TPSA) is 24.5 Å². The van der Waals surface area contributed by atoms with Crippen molar-refractivity contribution in [2.75, 3.05) is 32.8 Å². The third-order valence-corrected chi connectivity index (χ3v) is 4.38. The number of piperidine rings is 1. The minimum atomic E-state index is 0.451. The van der Waals surface area contributed by atoms with Gasteiger partial charge < -0.3 is 10.1 Å². The average molecular weight is 254 g/mol. The fourth-order valence-corrected chi connectivity index (χ4v) is 3.43. The highest BCUT2D eigenvalue weighted by Gasteiger charge is 2.26. The minimum Gasteiger partial charge on any atom is -0.378 e. The van der Waals surface area contributed by atoms with Gasteiger partial charge in [0.1, 0.15) is 0 Å². The minimum absolute atomic E-state index is 0.451. The van der Waals surface area contributed by atoms with Crippen LogP contribution in [0.3, 0.4) is 0 Å². The van der Waals surface area contributed by atoms with Gasteiger partial charge >= 0.3 is 0 Å². The van der Waals surface area contributed by atoms with E-state index in [4.69, 9.17) is 4.74 Å². The van der Waals surface area contributed by atoms with Crippen LogP contribution in [0.15, 0.2) is 0 Å². The van der Waals surface area contributed by atoms with Gasteiger partial charge in [0.2, 0.25) is 0 Å². The van der Waals surface area contributed by atoms with E-state index in [2.05, 4.69) is 24.1 Å². The molecular weight excluding hydrogens is 224 g/mol. The lowest BCUT2D eigenvalue weighted by Gasteiger charge is -2.39. The van der Waals surface area contributed by atoms with Crippen molar-refractivity contribution in [3.05, 3.63) is 0 Å². The van der Waals surface area contributed by atoms with Crippen LogP contribution in [0.25, 0.3) is 0 Å². The van der Waals surface area contributed by atoms with Crippen molar-refractivity contribution < 1.29 is 4.74 Å². The highest BCUT2D eigenvalue weighted by atomic mass is 16.5. The quantitative estimate of drug-likeness (QED) is 0.814. The van der Waals surface area contributed by atoms with E-state index in [1.165, 1.54) is 58.3 Å². The van der Waals surface area contributed by atoms with Gasteiger partial charge in [-0.05, 0) is 64.6 Å². The molecule has 2 aliphatic rings. The van der Waals surface area contributed by atoms with Crippen LogP contribution in [0.1, 0.15) is 46.0 Å². The lowest BCUT2D eigenvalue weighted by Crippen LogP contribution is -2.46. The van der Waals surface area contributed by atoms with E-state index in [0.29, 0.717) is 6.10 Å². The molecule has 0 aromatic heterocycles. The van der Waals surface area contributed by atoms with Gasteiger partial charge in [0.25, 0.3) is 0 Å². The van der Waals surface area contributed by atoms with Crippen molar-refractivity contribution in [1.82, 2.24) is 10.2 Å². The van der Waals surface area contributed by atoms with Crippen LogP contribution < -0.4 is 5.32 Å². The molecule has 0 aliphatic carbocycles. The third kappa shape index (κ3) is 4.22. The van der Waals surface area contributed by atoms with Gasteiger partial charge in [-0.15, -0.1) is 0 Å². The van der Waals surface area contributed by atoms with E-state index >= 15 is 0 Å². The molecule has 2 saturated heterocycles. The molecule has 0 aromatic carbocycles. The molecule has 0 amide bonds. The van der Waals surface area contributed by atoms with E-state index in [0.717, 1.165) is 18.6 Å². The molecule has 18 heavy (non-hydrogen) atoms. The predicted molar refractivity (Wildman–Crippen MR) is 75.9 cm³/mol. The molecule has 2 aliphatic heterocycles. The molecule has 3 nitrogen and oxygen atoms in total. The van der Waals surface area contributed by atoms with Crippen molar-refractivity contribution in [2.24, 2.45) is 5.92 Å². The normalized spacial score (nSPS) is 33.8. The number of ether oxygens (including phenoxy) is 1. The Morgan fingerprint density at radius 2 is 2.22 bits per heavy atom. The SMILES string of the molecule is CCCN(CC1CCCNC1)C1CCOC(C)C1. The van der Waals surface area contributed by atoms with E-state index in [9.17, 15) is 0 Å². The Morgan fingerprint density at radius 1 is 1.33 bits per heavy atom. The van der Waals surface area contributed by atoms with Crippen molar-refractivity contribution in [1.29, 1.82) is 0 Å². The molecular formula is C15H30N2O. The first kappa shape index (κ1) is 14.3. The highest BCUT2D eigenvalue weighted by Crippen LogP contribution is 2.22. The highest BCUT2D eigenvalue weighted by molar-refractivity contribution is 4.81. The molecule has 0 bridgehead atoms. The smallest absolute Gasteiger partial charge is 0.0561 e. The summed E-state index contributed by atoms with van der Waals surface area (Å²) in [5, 5.41) is 3.54. The first-order chi connectivity index (χ1) is 8.79. The summed E-state index contributed by atoms with van der Waals surface area (Å²) in [7, 11) is 0. The number of rotatable bonds is 5. The van der Waals surface area contributed by atoms with Crippen LogP contribution in [0.5, 0.6) is 0 Å². The first-order valence-electron chi connectivity index (χ1n) is 7.86. The number of hydrogen-bond donors (Lipinski definition) is 1. The van der Waals surface area contributed by atoms with E-state index < -0.39 is 0 Å². The Hall–Kier alpha value is -0.120. The summed E-state index contributed by atoms with van der Waals surface area (Å²) in [6, 6.07) is 0.760. The zero-order valence-corrected chi connectivity index (χ0v) is 12.2. The Labute approximate surface area is 112 Å². The van der Waals surface area contributed by atoms with Crippen LogP contribution >= 0.6 is 0 Å². The molecule has 3 unspecified atom stereocenters. The molecule has 2 heterocycles. The first-order valence-corrected chi connectivity index (χ1v) is 7.86. The predicted octanol–water partition coefficient (Wildman–Crippen LogP) is 2.27. The molecule has 0 saturated carbocycles. The van der Waals surface area contributed by atoms with Gasteiger partial charge in [-0.2, -0.15) is 0 Å². The summed E-state index contributed by atoms with van der Waals surface area (Å²) in [5.41, 5.74) is 0. The van der Waals surface area contributed by atoms with Crippen molar-refractivity contribution in [3.63, 3.8) is 0 Å². The van der Waals surface area contributed by atoms with E-state index in [-0.39, 0.29) is 0 Å². The second kappa shape index (κ2) is 7.46. The number of hydrogen-bond acceptors (Lipinski definition) is 3. The van der Waals surface area contributed by atoms with E-state index in [1.54, 1.807) is 0 Å². The summed E-state index contributed by atoms with van der Waals surface area (Å²) in [6.07, 6.45) is 6.93. The largest absolute Gasteiger partial charge is 0.378 e. The molecule has 0 radical (unpaired) electrons. The van der Waals surface area contributed by atoms with Gasteiger partial charge in [-0.3, -0.25) is 4.90 Å². The Morgan fingerprint density at radius 3 is 2.89 bits per heavy atom. The zero-order valence-electron chi connectivity index (χ0n) is 12.2. The maximum Gasteiger partial charge on any atom is 0.0561 e. The standard InChI is InChI=1S/C15H30N2O/c1-3-8-17(12-14-5-4-7-16-11-14)15-6-9-18-13(2)10-15/h13-16H,3-12H2,1-2H3. The average Bonchev–Trinajstić information content (AvgIpc) is 2.39. The third-order valence-electron chi connectivity index (χ3n) is 4.38. The van der Waals surface area contributed by atoms with Crippen molar-refractivity contribution in [3.8, 4) is 0 Å². The molecule has 0 aromatic rings. The Bertz CT molecular complexity index is 229. The van der Waals surface area contributed by atoms with Crippen LogP contribution in [-0.4, -0.2) is 49.8 Å². The van der Waals surface area contributed by atoms with Crippen LogP contribution in [0.4, 0.5) is 0 Å². The fraction of sp³-hybridized carbons (Fsp3) is 1.00. The molecule has 106 valence electrons. The van der Waals surface area contributed by atoms with Gasteiger partial charge in [0, 0.05) is 19.2 Å². The zero-order chi connectivity index (χ0) is 12.8. The van der Waals surface area contributed by atoms with Crippen molar-refractivity contribution in [2.45, 2.75) is 58.1 Å². The second-order valence-corrected chi connectivity index (χ2v) is 6.07. The van der Waals surface area contributed by atoms with Gasteiger partial charge in [-0.1, -0.05) is 6.92 Å². The summed E-state index contributed by atoms with van der Waals surface area (Å²) < 4.78 is 5.69. The maximum atomic E-state index is 5.69. The molecule has 2 fully saturated rings. The summed E-state index contributed by atoms with van der Waals surface area (Å²) in [5.74, 6) is 0.864. The van der Waals surface area contributed by atoms with E-state index in [1.807, 2.05) is 0 Å². The Kier molecular flexibility index (Phi) is 5.93. The molecule has 3 atom stereocenters. The summed E-state index contributed by atoms with van der Waals surface area (Å²) in [4.78, 5) is 2.75. The van der Waals surface area contributed by atoms with Crippen LogP contribution in [0, 0.1) is 5.92 Å². The van der Waals surface area contributed by atoms with Crippen LogP contribution in [0.2, 0.25) is 0 Å². The molecule has 1 N–H and O–H groups in total. The van der Waals surface area contributed by atoms with Crippen LogP contribution in [-0.2, 0) is 4.74 Å².